The molecule has 2 aromatic carbocycles. The molecule has 2 aliphatic heterocycles. The molecule has 2 saturated heterocycles. The summed E-state index contributed by atoms with van der Waals surface area (Å²) < 4.78 is 12.1. The molecule has 0 saturated carbocycles. The minimum Gasteiger partial charge on any atom is -0.490 e. The summed E-state index contributed by atoms with van der Waals surface area (Å²) >= 11 is 12.1. The second-order valence-corrected chi connectivity index (χ2v) is 9.20. The Morgan fingerprint density at radius 3 is 2.59 bits per heavy atom. The van der Waals surface area contributed by atoms with E-state index in [4.69, 9.17) is 32.7 Å². The quantitative estimate of drug-likeness (QED) is 0.634. The highest BCUT2D eigenvalue weighted by Gasteiger charge is 2.27. The van der Waals surface area contributed by atoms with E-state index in [1.165, 1.54) is 0 Å². The van der Waals surface area contributed by atoms with Gasteiger partial charge in [0.15, 0.2) is 0 Å². The van der Waals surface area contributed by atoms with Crippen LogP contribution >= 0.6 is 23.2 Å². The number of halogens is 2. The van der Waals surface area contributed by atoms with Crippen molar-refractivity contribution < 1.29 is 19.4 Å². The van der Waals surface area contributed by atoms with Crippen LogP contribution < -0.4 is 4.74 Å². The fourth-order valence-corrected chi connectivity index (χ4v) is 4.67. The van der Waals surface area contributed by atoms with Crippen molar-refractivity contribution in [2.24, 2.45) is 0 Å². The van der Waals surface area contributed by atoms with E-state index in [9.17, 15) is 9.90 Å². The number of carboxylic acids is 1. The molecular weight excluding hydrogens is 451 g/mol. The minimum absolute atomic E-state index is 0.119. The van der Waals surface area contributed by atoms with E-state index in [-0.39, 0.29) is 12.2 Å². The maximum Gasteiger partial charge on any atom is 0.336 e. The lowest BCUT2D eigenvalue weighted by Crippen LogP contribution is -2.49. The van der Waals surface area contributed by atoms with Crippen LogP contribution in [-0.2, 0) is 11.3 Å². The predicted molar refractivity (Wildman–Crippen MR) is 125 cm³/mol. The number of hydrogen-bond donors (Lipinski definition) is 1. The molecular formula is C24H28Cl2N2O4. The average Bonchev–Trinajstić information content (AvgIpc) is 2.78. The topological polar surface area (TPSA) is 62.2 Å². The number of hydrogen-bond acceptors (Lipinski definition) is 5. The van der Waals surface area contributed by atoms with Crippen molar-refractivity contribution in [2.75, 3.05) is 39.3 Å². The van der Waals surface area contributed by atoms with Crippen molar-refractivity contribution in [1.82, 2.24) is 9.80 Å². The summed E-state index contributed by atoms with van der Waals surface area (Å²) in [6.07, 6.45) is 2.18. The average molecular weight is 479 g/mol. The largest absolute Gasteiger partial charge is 0.490 e. The second kappa shape index (κ2) is 10.9. The maximum atomic E-state index is 11.5. The van der Waals surface area contributed by atoms with Gasteiger partial charge < -0.3 is 19.5 Å². The first kappa shape index (κ1) is 23.3. The van der Waals surface area contributed by atoms with E-state index in [0.717, 1.165) is 56.9 Å². The Balaban J connectivity index is 1.24. The molecule has 32 heavy (non-hydrogen) atoms. The fourth-order valence-electron chi connectivity index (χ4n) is 4.38. The smallest absolute Gasteiger partial charge is 0.336 e. The molecule has 2 fully saturated rings. The van der Waals surface area contributed by atoms with Crippen LogP contribution in [-0.4, -0.2) is 72.4 Å². The number of aromatic carboxylic acids is 1. The van der Waals surface area contributed by atoms with Gasteiger partial charge in [-0.05, 0) is 36.6 Å². The summed E-state index contributed by atoms with van der Waals surface area (Å²) in [5.74, 6) is -0.123. The lowest BCUT2D eigenvalue weighted by Gasteiger charge is -2.38. The first-order valence-corrected chi connectivity index (χ1v) is 11.7. The molecule has 172 valence electrons. The van der Waals surface area contributed by atoms with E-state index in [1.54, 1.807) is 24.3 Å². The SMILES string of the molecule is O=C(O)c1ccccc1CN1CCO[C@@H](CN2CCC(Oc3ccc(Cl)c(Cl)c3)CC2)C1. The van der Waals surface area contributed by atoms with Crippen molar-refractivity contribution in [3.05, 3.63) is 63.6 Å². The zero-order valence-corrected chi connectivity index (χ0v) is 19.4. The number of morpholine rings is 1. The van der Waals surface area contributed by atoms with Crippen LogP contribution in [0.2, 0.25) is 10.0 Å². The first-order valence-electron chi connectivity index (χ1n) is 11.0. The van der Waals surface area contributed by atoms with Gasteiger partial charge in [-0.1, -0.05) is 41.4 Å². The van der Waals surface area contributed by atoms with Crippen LogP contribution in [0.15, 0.2) is 42.5 Å². The van der Waals surface area contributed by atoms with Gasteiger partial charge >= 0.3 is 5.97 Å². The number of rotatable bonds is 7. The molecule has 0 unspecified atom stereocenters. The molecule has 0 aliphatic carbocycles. The number of carboxylic acid groups (broad SMARTS) is 1. The lowest BCUT2D eigenvalue weighted by molar-refractivity contribution is -0.0511. The molecule has 8 heteroatoms. The highest BCUT2D eigenvalue weighted by atomic mass is 35.5. The molecule has 0 radical (unpaired) electrons. The molecule has 6 nitrogen and oxygen atoms in total. The third kappa shape index (κ3) is 6.15. The van der Waals surface area contributed by atoms with E-state index < -0.39 is 5.97 Å². The van der Waals surface area contributed by atoms with E-state index in [2.05, 4.69) is 9.80 Å². The van der Waals surface area contributed by atoms with Crippen molar-refractivity contribution in [2.45, 2.75) is 31.6 Å². The van der Waals surface area contributed by atoms with Crippen molar-refractivity contribution in [1.29, 1.82) is 0 Å². The van der Waals surface area contributed by atoms with Gasteiger partial charge in [0.2, 0.25) is 0 Å². The Bertz CT molecular complexity index is 934. The summed E-state index contributed by atoms with van der Waals surface area (Å²) in [4.78, 5) is 16.2. The van der Waals surface area contributed by atoms with Gasteiger partial charge in [-0.25, -0.2) is 4.79 Å². The molecule has 2 aliphatic rings. The molecule has 1 N–H and O–H groups in total. The highest BCUT2D eigenvalue weighted by Crippen LogP contribution is 2.28. The van der Waals surface area contributed by atoms with Crippen molar-refractivity contribution in [3.8, 4) is 5.75 Å². The zero-order valence-electron chi connectivity index (χ0n) is 17.9. The van der Waals surface area contributed by atoms with Crippen LogP contribution in [0.4, 0.5) is 0 Å². The van der Waals surface area contributed by atoms with Gasteiger partial charge in [-0.2, -0.15) is 0 Å². The van der Waals surface area contributed by atoms with Crippen molar-refractivity contribution >= 4 is 29.2 Å². The van der Waals surface area contributed by atoms with Gasteiger partial charge in [0.05, 0.1) is 28.3 Å². The summed E-state index contributed by atoms with van der Waals surface area (Å²) in [7, 11) is 0. The monoisotopic (exact) mass is 478 g/mol. The molecule has 0 aromatic heterocycles. The standard InChI is InChI=1S/C24H28Cl2N2O4/c25-22-6-5-19(13-23(22)26)32-18-7-9-27(10-8-18)15-20-16-28(11-12-31-20)14-17-3-1-2-4-21(17)24(29)30/h1-6,13,18,20H,7-12,14-16H2,(H,29,30)/t20-/m0/s1. The Kier molecular flexibility index (Phi) is 7.92. The van der Waals surface area contributed by atoms with Crippen LogP contribution in [0.3, 0.4) is 0 Å². The summed E-state index contributed by atoms with van der Waals surface area (Å²) in [6.45, 7) is 5.67. The number of nitrogens with zero attached hydrogens (tertiary/aromatic N) is 2. The second-order valence-electron chi connectivity index (χ2n) is 8.38. The third-order valence-electron chi connectivity index (χ3n) is 6.05. The van der Waals surface area contributed by atoms with Gasteiger partial charge in [-0.3, -0.25) is 4.90 Å². The number of benzene rings is 2. The molecule has 0 spiro atoms. The first-order chi connectivity index (χ1) is 15.5. The molecule has 4 rings (SSSR count). The molecule has 1 atom stereocenters. The number of likely N-dealkylation sites (tertiary alicyclic amines) is 1. The highest BCUT2D eigenvalue weighted by molar-refractivity contribution is 6.42. The summed E-state index contributed by atoms with van der Waals surface area (Å²) in [6, 6.07) is 12.6. The van der Waals surface area contributed by atoms with Crippen LogP contribution in [0, 0.1) is 0 Å². The minimum atomic E-state index is -0.878. The molecule has 2 aromatic rings. The van der Waals surface area contributed by atoms with Gasteiger partial charge in [0.25, 0.3) is 0 Å². The van der Waals surface area contributed by atoms with Crippen LogP contribution in [0.1, 0.15) is 28.8 Å². The van der Waals surface area contributed by atoms with Gasteiger partial charge in [0.1, 0.15) is 11.9 Å². The van der Waals surface area contributed by atoms with E-state index >= 15 is 0 Å². The Labute approximate surface area is 198 Å². The molecule has 0 amide bonds. The normalized spacial score (nSPS) is 20.9. The van der Waals surface area contributed by atoms with E-state index in [1.807, 2.05) is 18.2 Å². The fraction of sp³-hybridized carbons (Fsp3) is 0.458. The van der Waals surface area contributed by atoms with Gasteiger partial charge in [0, 0.05) is 45.3 Å². The molecule has 0 bridgehead atoms. The number of piperidine rings is 1. The molecule has 2 heterocycles. The number of ether oxygens (including phenoxy) is 2. The predicted octanol–water partition coefficient (Wildman–Crippen LogP) is 4.44. The Morgan fingerprint density at radius 1 is 1.06 bits per heavy atom. The number of carbonyl (C=O) groups is 1. The Morgan fingerprint density at radius 2 is 1.84 bits per heavy atom. The summed E-state index contributed by atoms with van der Waals surface area (Å²) in [5, 5.41) is 10.5. The maximum absolute atomic E-state index is 11.5. The van der Waals surface area contributed by atoms with Crippen LogP contribution in [0.25, 0.3) is 0 Å². The van der Waals surface area contributed by atoms with Crippen molar-refractivity contribution in [3.63, 3.8) is 0 Å². The summed E-state index contributed by atoms with van der Waals surface area (Å²) in [5.41, 5.74) is 1.22. The lowest BCUT2D eigenvalue weighted by atomic mass is 10.1. The Hall–Kier alpha value is -1.83. The van der Waals surface area contributed by atoms with E-state index in [0.29, 0.717) is 28.8 Å². The third-order valence-corrected chi connectivity index (χ3v) is 6.79. The van der Waals surface area contributed by atoms with Gasteiger partial charge in [-0.15, -0.1) is 0 Å². The zero-order chi connectivity index (χ0) is 22.5. The van der Waals surface area contributed by atoms with Crippen LogP contribution in [0.5, 0.6) is 5.75 Å².